The fourth-order valence-corrected chi connectivity index (χ4v) is 0.457. The van der Waals surface area contributed by atoms with Crippen LogP contribution >= 0.6 is 12.6 Å². The van der Waals surface area contributed by atoms with Gasteiger partial charge in [0.05, 0.1) is 0 Å². The molecule has 0 fully saturated rings. The molecule has 0 N–H and O–H groups in total. The van der Waals surface area contributed by atoms with E-state index in [9.17, 15) is 0 Å². The zero-order chi connectivity index (χ0) is 9.11. The van der Waals surface area contributed by atoms with Crippen LogP contribution in [0.4, 0.5) is 0 Å². The minimum absolute atomic E-state index is 0.903. The normalized spacial score (nSPS) is 10.7. The van der Waals surface area contributed by atoms with Crippen molar-refractivity contribution in [2.75, 3.05) is 0 Å². The molecule has 11 heavy (non-hydrogen) atoms. The summed E-state index contributed by atoms with van der Waals surface area (Å²) in [6.07, 6.45) is 8.74. The summed E-state index contributed by atoms with van der Waals surface area (Å²) < 4.78 is 0. The molecular formula is C10H18S. The average molecular weight is 170 g/mol. The summed E-state index contributed by atoms with van der Waals surface area (Å²) in [6.45, 7) is 9.65. The molecule has 0 saturated carbocycles. The van der Waals surface area contributed by atoms with Gasteiger partial charge in [0.15, 0.2) is 0 Å². The maximum absolute atomic E-state index is 4.09. The summed E-state index contributed by atoms with van der Waals surface area (Å²) in [5, 5.41) is 0. The van der Waals surface area contributed by atoms with E-state index in [-0.39, 0.29) is 0 Å². The maximum atomic E-state index is 4.09. The molecule has 0 nitrogen and oxygen atoms in total. The average Bonchev–Trinajstić information content (AvgIpc) is 2.08. The molecule has 0 aromatic carbocycles. The Morgan fingerprint density at radius 3 is 2.36 bits per heavy atom. The molecule has 0 saturated heterocycles. The summed E-state index contributed by atoms with van der Waals surface area (Å²) in [7, 11) is 0. The van der Waals surface area contributed by atoms with Crippen LogP contribution in [0.3, 0.4) is 0 Å². The largest absolute Gasteiger partial charge is 0.143 e. The van der Waals surface area contributed by atoms with E-state index in [1.807, 2.05) is 26.0 Å². The molecule has 0 aliphatic carbocycles. The molecule has 0 bridgehead atoms. The first-order valence-corrected chi connectivity index (χ1v) is 4.44. The zero-order valence-corrected chi connectivity index (χ0v) is 8.57. The Hall–Kier alpha value is -0.430. The summed E-state index contributed by atoms with van der Waals surface area (Å²) in [6, 6.07) is 0. The van der Waals surface area contributed by atoms with Gasteiger partial charge in [-0.1, -0.05) is 45.6 Å². The van der Waals surface area contributed by atoms with Gasteiger partial charge < -0.3 is 0 Å². The minimum Gasteiger partial charge on any atom is -0.143 e. The van der Waals surface area contributed by atoms with E-state index in [0.29, 0.717) is 0 Å². The highest BCUT2D eigenvalue weighted by Gasteiger charge is 1.72. The molecule has 0 radical (unpaired) electrons. The van der Waals surface area contributed by atoms with Crippen molar-refractivity contribution in [1.29, 1.82) is 0 Å². The van der Waals surface area contributed by atoms with E-state index in [2.05, 4.69) is 32.2 Å². The van der Waals surface area contributed by atoms with Gasteiger partial charge in [0.25, 0.3) is 0 Å². The van der Waals surface area contributed by atoms with Gasteiger partial charge in [-0.3, -0.25) is 0 Å². The number of hydrogen-bond acceptors (Lipinski definition) is 1. The van der Waals surface area contributed by atoms with Gasteiger partial charge in [-0.25, -0.2) is 0 Å². The lowest BCUT2D eigenvalue weighted by Crippen LogP contribution is -1.57. The van der Waals surface area contributed by atoms with Gasteiger partial charge in [0.1, 0.15) is 0 Å². The van der Waals surface area contributed by atoms with Crippen LogP contribution in [-0.2, 0) is 0 Å². The van der Waals surface area contributed by atoms with Crippen LogP contribution in [0, 0.1) is 0 Å². The third-order valence-corrected chi connectivity index (χ3v) is 1.18. The van der Waals surface area contributed by atoms with E-state index in [0.717, 1.165) is 11.3 Å². The highest BCUT2D eigenvalue weighted by atomic mass is 32.1. The van der Waals surface area contributed by atoms with E-state index < -0.39 is 0 Å². The van der Waals surface area contributed by atoms with Crippen molar-refractivity contribution in [1.82, 2.24) is 0 Å². The van der Waals surface area contributed by atoms with Gasteiger partial charge in [-0.15, -0.1) is 12.6 Å². The van der Waals surface area contributed by atoms with Crippen molar-refractivity contribution >= 4 is 12.6 Å². The Morgan fingerprint density at radius 1 is 1.45 bits per heavy atom. The third kappa shape index (κ3) is 12.7. The van der Waals surface area contributed by atoms with Crippen LogP contribution in [0.15, 0.2) is 35.8 Å². The SMILES string of the molecule is C=C/C(S)=C\C=C\CC.CC. The van der Waals surface area contributed by atoms with Crippen molar-refractivity contribution in [3.8, 4) is 0 Å². The molecule has 64 valence electrons. The Morgan fingerprint density at radius 2 is 2.00 bits per heavy atom. The Bertz CT molecular complexity index is 132. The molecule has 0 spiro atoms. The van der Waals surface area contributed by atoms with Crippen molar-refractivity contribution in [3.63, 3.8) is 0 Å². The summed E-state index contributed by atoms with van der Waals surface area (Å²) >= 11 is 4.09. The second kappa shape index (κ2) is 12.3. The lowest BCUT2D eigenvalue weighted by Gasteiger charge is -1.81. The van der Waals surface area contributed by atoms with E-state index in [1.165, 1.54) is 0 Å². The number of allylic oxidation sites excluding steroid dienone is 4. The predicted molar refractivity (Wildman–Crippen MR) is 58.0 cm³/mol. The lowest BCUT2D eigenvalue weighted by atomic mass is 10.4. The first kappa shape index (κ1) is 13.2. The highest BCUT2D eigenvalue weighted by molar-refractivity contribution is 7.84. The second-order valence-corrected chi connectivity index (χ2v) is 2.15. The Kier molecular flexibility index (Phi) is 14.7. The van der Waals surface area contributed by atoms with E-state index >= 15 is 0 Å². The van der Waals surface area contributed by atoms with Crippen molar-refractivity contribution in [3.05, 3.63) is 35.8 Å². The number of rotatable bonds is 3. The van der Waals surface area contributed by atoms with Crippen molar-refractivity contribution in [2.45, 2.75) is 27.2 Å². The summed E-state index contributed by atoms with van der Waals surface area (Å²) in [5.41, 5.74) is 0. The van der Waals surface area contributed by atoms with Gasteiger partial charge in [-0.2, -0.15) is 0 Å². The summed E-state index contributed by atoms with van der Waals surface area (Å²) in [4.78, 5) is 0.903. The van der Waals surface area contributed by atoms with Gasteiger partial charge in [0, 0.05) is 4.91 Å². The Balaban J connectivity index is 0. The molecule has 0 amide bonds. The molecular weight excluding hydrogens is 152 g/mol. The molecule has 0 heterocycles. The van der Waals surface area contributed by atoms with Crippen LogP contribution in [0.25, 0.3) is 0 Å². The molecule has 0 aromatic rings. The first-order valence-electron chi connectivity index (χ1n) is 3.99. The minimum atomic E-state index is 0.903. The van der Waals surface area contributed by atoms with Crippen LogP contribution in [0.2, 0.25) is 0 Å². The topological polar surface area (TPSA) is 0 Å². The fraction of sp³-hybridized carbons (Fsp3) is 0.400. The number of hydrogen-bond donors (Lipinski definition) is 1. The molecule has 0 aliphatic heterocycles. The summed E-state index contributed by atoms with van der Waals surface area (Å²) in [5.74, 6) is 0. The molecule has 0 rings (SSSR count). The monoisotopic (exact) mass is 170 g/mol. The number of thiol groups is 1. The molecule has 1 heteroatoms. The van der Waals surface area contributed by atoms with Gasteiger partial charge in [-0.05, 0) is 12.5 Å². The van der Waals surface area contributed by atoms with Crippen molar-refractivity contribution < 1.29 is 0 Å². The van der Waals surface area contributed by atoms with Crippen molar-refractivity contribution in [2.24, 2.45) is 0 Å². The van der Waals surface area contributed by atoms with Crippen LogP contribution < -0.4 is 0 Å². The molecule has 0 aromatic heterocycles. The quantitative estimate of drug-likeness (QED) is 0.481. The maximum Gasteiger partial charge on any atom is 0.00339 e. The second-order valence-electron chi connectivity index (χ2n) is 1.63. The fourth-order valence-electron chi connectivity index (χ4n) is 0.371. The smallest absolute Gasteiger partial charge is 0.00339 e. The zero-order valence-electron chi connectivity index (χ0n) is 7.67. The molecule has 0 atom stereocenters. The van der Waals surface area contributed by atoms with E-state index in [1.54, 1.807) is 6.08 Å². The molecule has 0 unspecified atom stereocenters. The third-order valence-electron chi connectivity index (χ3n) is 0.848. The van der Waals surface area contributed by atoms with Crippen LogP contribution in [0.1, 0.15) is 27.2 Å². The predicted octanol–water partition coefficient (Wildman–Crippen LogP) is 3.98. The van der Waals surface area contributed by atoms with E-state index in [4.69, 9.17) is 0 Å². The first-order chi connectivity index (χ1) is 5.31. The molecule has 0 aliphatic rings. The Labute approximate surface area is 76.1 Å². The standard InChI is InChI=1S/C8H12S.C2H6/c1-3-5-6-7-8(9)4-2;1-2/h4-7,9H,2-3H2,1H3;1-2H3/b6-5+,8-7+;. The van der Waals surface area contributed by atoms with Gasteiger partial charge in [0.2, 0.25) is 0 Å². The van der Waals surface area contributed by atoms with Gasteiger partial charge >= 0.3 is 0 Å². The lowest BCUT2D eigenvalue weighted by molar-refractivity contribution is 1.22. The van der Waals surface area contributed by atoms with Crippen LogP contribution in [-0.4, -0.2) is 0 Å². The van der Waals surface area contributed by atoms with Crippen LogP contribution in [0.5, 0.6) is 0 Å². The highest BCUT2D eigenvalue weighted by Crippen LogP contribution is 2.00.